The SMILES string of the molecule is O=[N+]([O-])c1cc(F)ccc1C[P+](c1ccccc1)(c1ccccc1)c1ccccc1.[Br-]. The first-order valence-corrected chi connectivity index (χ1v) is 11.6. The summed E-state index contributed by atoms with van der Waals surface area (Å²) in [6, 6.07) is 34.3. The largest absolute Gasteiger partial charge is 1.00 e. The highest BCUT2D eigenvalue weighted by Crippen LogP contribution is 2.58. The number of rotatable bonds is 6. The van der Waals surface area contributed by atoms with E-state index in [2.05, 4.69) is 36.4 Å². The molecule has 0 heterocycles. The van der Waals surface area contributed by atoms with Gasteiger partial charge in [0.15, 0.2) is 0 Å². The Labute approximate surface area is 191 Å². The topological polar surface area (TPSA) is 43.1 Å². The van der Waals surface area contributed by atoms with E-state index in [0.717, 1.165) is 22.0 Å². The molecule has 0 aromatic heterocycles. The van der Waals surface area contributed by atoms with Crippen LogP contribution in [-0.4, -0.2) is 4.92 Å². The van der Waals surface area contributed by atoms with Crippen molar-refractivity contribution in [1.82, 2.24) is 0 Å². The zero-order valence-corrected chi connectivity index (χ0v) is 19.0. The van der Waals surface area contributed by atoms with Gasteiger partial charge in [-0.2, -0.15) is 0 Å². The van der Waals surface area contributed by atoms with Gasteiger partial charge in [0.1, 0.15) is 35.2 Å². The zero-order valence-electron chi connectivity index (χ0n) is 16.6. The summed E-state index contributed by atoms with van der Waals surface area (Å²) in [5, 5.41) is 15.1. The van der Waals surface area contributed by atoms with Crippen molar-refractivity contribution < 1.29 is 26.3 Å². The maximum absolute atomic E-state index is 13.8. The van der Waals surface area contributed by atoms with Gasteiger partial charge in [-0.15, -0.1) is 0 Å². The van der Waals surface area contributed by atoms with Crippen LogP contribution in [0.4, 0.5) is 10.1 Å². The van der Waals surface area contributed by atoms with Crippen molar-refractivity contribution in [2.75, 3.05) is 0 Å². The summed E-state index contributed by atoms with van der Waals surface area (Å²) in [5.74, 6) is -0.603. The van der Waals surface area contributed by atoms with E-state index in [1.807, 2.05) is 54.6 Å². The number of nitrogens with zero attached hydrogens (tertiary/aromatic N) is 1. The van der Waals surface area contributed by atoms with Gasteiger partial charge in [-0.1, -0.05) is 54.6 Å². The Bertz CT molecular complexity index is 1060. The molecule has 0 spiro atoms. The summed E-state index contributed by atoms with van der Waals surface area (Å²) in [4.78, 5) is 11.2. The fraction of sp³-hybridized carbons (Fsp3) is 0.0400. The molecule has 4 rings (SSSR count). The average molecular weight is 496 g/mol. The predicted molar refractivity (Wildman–Crippen MR) is 122 cm³/mol. The lowest BCUT2D eigenvalue weighted by atomic mass is 10.2. The van der Waals surface area contributed by atoms with Gasteiger partial charge in [0.05, 0.1) is 16.6 Å². The molecule has 0 radical (unpaired) electrons. The van der Waals surface area contributed by atoms with Crippen molar-refractivity contribution in [2.45, 2.75) is 6.16 Å². The molecule has 0 fully saturated rings. The second-order valence-corrected chi connectivity index (χ2v) is 10.5. The van der Waals surface area contributed by atoms with Gasteiger partial charge in [0, 0.05) is 0 Å². The minimum Gasteiger partial charge on any atom is -1.00 e. The van der Waals surface area contributed by atoms with Crippen LogP contribution < -0.4 is 32.9 Å². The third-order valence-corrected chi connectivity index (χ3v) is 9.60. The number of nitro benzene ring substituents is 1. The molecule has 3 nitrogen and oxygen atoms in total. The van der Waals surface area contributed by atoms with Crippen LogP contribution in [-0.2, 0) is 6.16 Å². The van der Waals surface area contributed by atoms with Crippen LogP contribution in [0.25, 0.3) is 0 Å². The van der Waals surface area contributed by atoms with Crippen LogP contribution in [0.15, 0.2) is 109 Å². The predicted octanol–water partition coefficient (Wildman–Crippen LogP) is 2.23. The zero-order chi connectivity index (χ0) is 21.0. The molecule has 0 saturated carbocycles. The van der Waals surface area contributed by atoms with E-state index in [0.29, 0.717) is 11.7 Å². The lowest BCUT2D eigenvalue weighted by molar-refractivity contribution is -0.385. The van der Waals surface area contributed by atoms with E-state index in [9.17, 15) is 14.5 Å². The smallest absolute Gasteiger partial charge is 0.279 e. The van der Waals surface area contributed by atoms with Gasteiger partial charge in [0.25, 0.3) is 5.69 Å². The fourth-order valence-corrected chi connectivity index (χ4v) is 8.13. The van der Waals surface area contributed by atoms with Crippen molar-refractivity contribution in [3.8, 4) is 0 Å². The molecule has 0 N–H and O–H groups in total. The van der Waals surface area contributed by atoms with Crippen molar-refractivity contribution in [3.63, 3.8) is 0 Å². The molecular formula is C25H20BrFNO2P. The van der Waals surface area contributed by atoms with Crippen molar-refractivity contribution in [1.29, 1.82) is 0 Å². The van der Waals surface area contributed by atoms with Crippen molar-refractivity contribution in [3.05, 3.63) is 131 Å². The van der Waals surface area contributed by atoms with Crippen LogP contribution >= 0.6 is 7.26 Å². The monoisotopic (exact) mass is 495 g/mol. The van der Waals surface area contributed by atoms with Crippen LogP contribution in [0, 0.1) is 15.9 Å². The quantitative estimate of drug-likeness (QED) is 0.234. The van der Waals surface area contributed by atoms with Crippen LogP contribution in [0.3, 0.4) is 0 Å². The number of hydrogen-bond acceptors (Lipinski definition) is 2. The summed E-state index contributed by atoms with van der Waals surface area (Å²) in [6.45, 7) is 0. The molecular weight excluding hydrogens is 476 g/mol. The average Bonchev–Trinajstić information content (AvgIpc) is 2.80. The Morgan fingerprint density at radius 3 is 1.52 bits per heavy atom. The molecule has 4 aromatic carbocycles. The van der Waals surface area contributed by atoms with Gasteiger partial charge in [-0.05, 0) is 48.5 Å². The van der Waals surface area contributed by atoms with Crippen LogP contribution in [0.2, 0.25) is 0 Å². The molecule has 0 atom stereocenters. The molecule has 6 heteroatoms. The Morgan fingerprint density at radius 2 is 1.13 bits per heavy atom. The molecule has 0 aliphatic heterocycles. The Morgan fingerprint density at radius 1 is 0.710 bits per heavy atom. The summed E-state index contributed by atoms with van der Waals surface area (Å²) in [6.07, 6.45) is 0.432. The third-order valence-electron chi connectivity index (χ3n) is 5.24. The van der Waals surface area contributed by atoms with Crippen LogP contribution in [0.1, 0.15) is 5.56 Å². The maximum Gasteiger partial charge on any atom is 0.279 e. The second kappa shape index (κ2) is 9.95. The molecule has 31 heavy (non-hydrogen) atoms. The normalized spacial score (nSPS) is 10.9. The first-order chi connectivity index (χ1) is 14.6. The minimum absolute atomic E-state index is 0. The highest BCUT2D eigenvalue weighted by Gasteiger charge is 2.46. The molecule has 4 aromatic rings. The highest BCUT2D eigenvalue weighted by molar-refractivity contribution is 7.95. The molecule has 0 aliphatic carbocycles. The van der Waals surface area contributed by atoms with E-state index >= 15 is 0 Å². The first-order valence-electron chi connectivity index (χ1n) is 9.59. The highest BCUT2D eigenvalue weighted by atomic mass is 79.9. The summed E-state index contributed by atoms with van der Waals surface area (Å²) < 4.78 is 13.8. The first kappa shape index (κ1) is 22.8. The van der Waals surface area contributed by atoms with E-state index in [4.69, 9.17) is 0 Å². The number of benzene rings is 4. The minimum atomic E-state index is -2.28. The van der Waals surface area contributed by atoms with Gasteiger partial charge in [0.2, 0.25) is 0 Å². The Balaban J connectivity index is 0.00000272. The molecule has 156 valence electrons. The van der Waals surface area contributed by atoms with Crippen molar-refractivity contribution >= 4 is 28.9 Å². The summed E-state index contributed by atoms with van der Waals surface area (Å²) in [7, 11) is -2.28. The molecule has 0 bridgehead atoms. The van der Waals surface area contributed by atoms with Gasteiger partial charge >= 0.3 is 0 Å². The molecule has 0 unspecified atom stereocenters. The van der Waals surface area contributed by atoms with E-state index in [1.54, 1.807) is 6.07 Å². The number of hydrogen-bond donors (Lipinski definition) is 0. The lowest BCUT2D eigenvalue weighted by Crippen LogP contribution is -3.00. The standard InChI is InChI=1S/C25H20FNO2P.BrH/c26-21-17-16-20(25(18-21)27(28)29)19-30(22-10-4-1-5-11-22,23-12-6-2-7-13-23)24-14-8-3-9-15-24;/h1-18H,19H2;1H/q+1;/p-1. The van der Waals surface area contributed by atoms with Gasteiger partial charge in [-0.25, -0.2) is 4.39 Å². The Kier molecular flexibility index (Phi) is 7.32. The molecule has 0 aliphatic rings. The molecule has 0 saturated heterocycles. The summed E-state index contributed by atoms with van der Waals surface area (Å²) in [5.41, 5.74) is 0.355. The molecule has 0 amide bonds. The van der Waals surface area contributed by atoms with Gasteiger partial charge < -0.3 is 17.0 Å². The third kappa shape index (κ3) is 4.58. The number of halogens is 2. The van der Waals surface area contributed by atoms with E-state index < -0.39 is 18.0 Å². The lowest BCUT2D eigenvalue weighted by Gasteiger charge is -2.27. The van der Waals surface area contributed by atoms with E-state index in [-0.39, 0.29) is 22.7 Å². The summed E-state index contributed by atoms with van der Waals surface area (Å²) >= 11 is 0. The van der Waals surface area contributed by atoms with Crippen LogP contribution in [0.5, 0.6) is 0 Å². The number of nitro groups is 1. The second-order valence-electron chi connectivity index (χ2n) is 7.00. The van der Waals surface area contributed by atoms with Crippen molar-refractivity contribution in [2.24, 2.45) is 0 Å². The Hall–Kier alpha value is -2.88. The van der Waals surface area contributed by atoms with Gasteiger partial charge in [-0.3, -0.25) is 10.1 Å². The van der Waals surface area contributed by atoms with E-state index in [1.165, 1.54) is 6.07 Å². The maximum atomic E-state index is 13.8. The fourth-order valence-electron chi connectivity index (χ4n) is 3.86.